The first-order chi connectivity index (χ1) is 16.7. The van der Waals surface area contributed by atoms with E-state index in [1.54, 1.807) is 0 Å². The molecule has 4 aromatic rings. The maximum Gasteiger partial charge on any atom is 0.231 e. The number of aliphatic hydroxyl groups is 1. The first-order valence-corrected chi connectivity index (χ1v) is 12.1. The number of hydrogen-bond acceptors (Lipinski definition) is 6. The smallest absolute Gasteiger partial charge is 0.231 e. The molecule has 2 aromatic heterocycles. The molecule has 0 bridgehead atoms. The van der Waals surface area contributed by atoms with Gasteiger partial charge in [-0.25, -0.2) is 0 Å². The number of anilines is 4. The maximum atomic E-state index is 9.79. The van der Waals surface area contributed by atoms with E-state index in [0.29, 0.717) is 12.0 Å². The second-order valence-electron chi connectivity index (χ2n) is 8.97. The largest absolute Gasteiger partial charge is 0.393 e. The van der Waals surface area contributed by atoms with E-state index in [1.165, 1.54) is 16.5 Å². The summed E-state index contributed by atoms with van der Waals surface area (Å²) in [6, 6.07) is 21.3. The van der Waals surface area contributed by atoms with Crippen LogP contribution in [0.2, 0.25) is 0 Å². The van der Waals surface area contributed by atoms with Gasteiger partial charge in [-0.15, -0.1) is 0 Å². The van der Waals surface area contributed by atoms with Gasteiger partial charge in [0.2, 0.25) is 5.95 Å². The van der Waals surface area contributed by atoms with Crippen molar-refractivity contribution < 1.29 is 5.11 Å². The minimum absolute atomic E-state index is 0.171. The Labute approximate surface area is 200 Å². The van der Waals surface area contributed by atoms with Gasteiger partial charge in [-0.1, -0.05) is 30.3 Å². The molecule has 0 spiro atoms. The Bertz CT molecular complexity index is 1230. The zero-order valence-corrected chi connectivity index (χ0v) is 19.5. The van der Waals surface area contributed by atoms with Crippen molar-refractivity contribution in [2.45, 2.75) is 51.3 Å². The summed E-state index contributed by atoms with van der Waals surface area (Å²) < 4.78 is 2.26. The second kappa shape index (κ2) is 10.1. The van der Waals surface area contributed by atoms with Gasteiger partial charge in [-0.05, 0) is 62.4 Å². The molecule has 0 saturated heterocycles. The van der Waals surface area contributed by atoms with Crippen molar-refractivity contribution in [3.63, 3.8) is 0 Å². The molecule has 1 aliphatic carbocycles. The Morgan fingerprint density at radius 1 is 0.941 bits per heavy atom. The number of aliphatic hydroxyl groups excluding tert-OH is 1. The van der Waals surface area contributed by atoms with E-state index in [1.807, 2.05) is 12.1 Å². The monoisotopic (exact) mass is 456 g/mol. The van der Waals surface area contributed by atoms with E-state index in [0.717, 1.165) is 56.1 Å². The zero-order valence-electron chi connectivity index (χ0n) is 19.5. The molecule has 7 nitrogen and oxygen atoms in total. The van der Waals surface area contributed by atoms with Crippen LogP contribution in [0.4, 0.5) is 23.3 Å². The molecule has 0 aliphatic heterocycles. The minimum Gasteiger partial charge on any atom is -0.393 e. The molecule has 1 fully saturated rings. The quantitative estimate of drug-likeness (QED) is 0.285. The molecular weight excluding hydrogens is 424 g/mol. The molecule has 7 heteroatoms. The van der Waals surface area contributed by atoms with Crippen LogP contribution < -0.4 is 16.0 Å². The number of benzene rings is 2. The Morgan fingerprint density at radius 3 is 2.53 bits per heavy atom. The van der Waals surface area contributed by atoms with Crippen LogP contribution in [-0.2, 0) is 6.54 Å². The molecule has 5 rings (SSSR count). The molecular formula is C27H32N6O. The fourth-order valence-corrected chi connectivity index (χ4v) is 4.60. The summed E-state index contributed by atoms with van der Waals surface area (Å²) in [6.45, 7) is 3.68. The molecule has 0 radical (unpaired) electrons. The Kier molecular flexibility index (Phi) is 6.62. The molecule has 1 aliphatic rings. The van der Waals surface area contributed by atoms with Crippen LogP contribution in [0.15, 0.2) is 66.9 Å². The van der Waals surface area contributed by atoms with Crippen LogP contribution >= 0.6 is 0 Å². The Balaban J connectivity index is 1.34. The normalized spacial score (nSPS) is 18.1. The van der Waals surface area contributed by atoms with Gasteiger partial charge >= 0.3 is 0 Å². The molecule has 0 unspecified atom stereocenters. The van der Waals surface area contributed by atoms with Gasteiger partial charge in [-0.3, -0.25) is 0 Å². The highest BCUT2D eigenvalue weighted by Crippen LogP contribution is 2.26. The summed E-state index contributed by atoms with van der Waals surface area (Å²) in [7, 11) is 0. The van der Waals surface area contributed by atoms with Gasteiger partial charge < -0.3 is 25.6 Å². The first kappa shape index (κ1) is 22.2. The molecule has 2 aromatic carbocycles. The number of hydrogen-bond donors (Lipinski definition) is 4. The second-order valence-corrected chi connectivity index (χ2v) is 8.97. The van der Waals surface area contributed by atoms with E-state index >= 15 is 0 Å². The number of fused-ring (bicyclic) bond motifs is 1. The van der Waals surface area contributed by atoms with E-state index in [4.69, 9.17) is 4.98 Å². The lowest BCUT2D eigenvalue weighted by Crippen LogP contribution is -2.28. The molecule has 4 N–H and O–H groups in total. The van der Waals surface area contributed by atoms with Crippen LogP contribution in [0.25, 0.3) is 10.9 Å². The fraction of sp³-hybridized carbons (Fsp3) is 0.333. The lowest BCUT2D eigenvalue weighted by atomic mass is 9.93. The minimum atomic E-state index is -0.171. The van der Waals surface area contributed by atoms with Gasteiger partial charge in [0, 0.05) is 48.0 Å². The summed E-state index contributed by atoms with van der Waals surface area (Å²) in [5.74, 6) is 2.14. The van der Waals surface area contributed by atoms with Crippen LogP contribution in [0.1, 0.15) is 38.2 Å². The lowest BCUT2D eigenvalue weighted by Gasteiger charge is -2.26. The van der Waals surface area contributed by atoms with Crippen molar-refractivity contribution in [2.24, 2.45) is 0 Å². The highest BCUT2D eigenvalue weighted by molar-refractivity contribution is 5.84. The summed E-state index contributed by atoms with van der Waals surface area (Å²) in [5, 5.41) is 21.2. The topological polar surface area (TPSA) is 87.0 Å². The highest BCUT2D eigenvalue weighted by Gasteiger charge is 2.20. The van der Waals surface area contributed by atoms with Gasteiger partial charge in [0.15, 0.2) is 0 Å². The SMILES string of the molecule is CCNc1cc(N[C@H]2CC[C@H](O)CC2)nc(Nc2ccc3c(ccn3Cc3ccccc3)c2)n1. The van der Waals surface area contributed by atoms with Gasteiger partial charge in [0.25, 0.3) is 0 Å². The molecule has 34 heavy (non-hydrogen) atoms. The summed E-state index contributed by atoms with van der Waals surface area (Å²) in [6.07, 6.45) is 5.51. The van der Waals surface area contributed by atoms with Crippen molar-refractivity contribution in [3.05, 3.63) is 72.4 Å². The van der Waals surface area contributed by atoms with Crippen LogP contribution in [0, 0.1) is 0 Å². The molecule has 1 saturated carbocycles. The Hall–Kier alpha value is -3.58. The molecule has 176 valence electrons. The Morgan fingerprint density at radius 2 is 1.74 bits per heavy atom. The van der Waals surface area contributed by atoms with Crippen LogP contribution in [-0.4, -0.2) is 38.3 Å². The van der Waals surface area contributed by atoms with E-state index in [-0.39, 0.29) is 6.10 Å². The van der Waals surface area contributed by atoms with Gasteiger partial charge in [0.1, 0.15) is 11.6 Å². The average molecular weight is 457 g/mol. The molecule has 0 atom stereocenters. The molecule has 0 amide bonds. The van der Waals surface area contributed by atoms with Crippen molar-refractivity contribution in [2.75, 3.05) is 22.5 Å². The van der Waals surface area contributed by atoms with Crippen molar-refractivity contribution in [1.82, 2.24) is 14.5 Å². The number of aromatic nitrogens is 3. The highest BCUT2D eigenvalue weighted by atomic mass is 16.3. The van der Waals surface area contributed by atoms with Crippen molar-refractivity contribution in [1.29, 1.82) is 0 Å². The summed E-state index contributed by atoms with van der Waals surface area (Å²) in [5.41, 5.74) is 3.42. The number of rotatable bonds is 8. The van der Waals surface area contributed by atoms with Crippen molar-refractivity contribution >= 4 is 34.2 Å². The first-order valence-electron chi connectivity index (χ1n) is 12.1. The third kappa shape index (κ3) is 5.31. The molecule has 2 heterocycles. The predicted molar refractivity (Wildman–Crippen MR) is 139 cm³/mol. The van der Waals surface area contributed by atoms with Gasteiger partial charge in [-0.2, -0.15) is 9.97 Å². The van der Waals surface area contributed by atoms with Crippen molar-refractivity contribution in [3.8, 4) is 0 Å². The summed E-state index contributed by atoms with van der Waals surface area (Å²) >= 11 is 0. The third-order valence-corrected chi connectivity index (χ3v) is 6.36. The van der Waals surface area contributed by atoms with E-state index < -0.39 is 0 Å². The zero-order chi connectivity index (χ0) is 23.3. The van der Waals surface area contributed by atoms with Gasteiger partial charge in [0.05, 0.1) is 6.10 Å². The standard InChI is InChI=1S/C27H32N6O/c1-2-28-25-17-26(29-21-8-11-23(34)12-9-21)32-27(31-25)30-22-10-13-24-20(16-22)14-15-33(24)18-19-6-4-3-5-7-19/h3-7,10,13-17,21,23,34H,2,8-9,11-12,18H2,1H3,(H3,28,29,30,31,32)/t21-,23-. The third-order valence-electron chi connectivity index (χ3n) is 6.36. The van der Waals surface area contributed by atoms with E-state index in [9.17, 15) is 5.11 Å². The fourth-order valence-electron chi connectivity index (χ4n) is 4.60. The maximum absolute atomic E-state index is 9.79. The number of nitrogens with zero attached hydrogens (tertiary/aromatic N) is 3. The summed E-state index contributed by atoms with van der Waals surface area (Å²) in [4.78, 5) is 9.37. The van der Waals surface area contributed by atoms with Crippen LogP contribution in [0.3, 0.4) is 0 Å². The number of nitrogens with one attached hydrogen (secondary N) is 3. The van der Waals surface area contributed by atoms with E-state index in [2.05, 4.69) is 87.2 Å². The average Bonchev–Trinajstić information content (AvgIpc) is 3.23. The lowest BCUT2D eigenvalue weighted by molar-refractivity contribution is 0.126. The predicted octanol–water partition coefficient (Wildman–Crippen LogP) is 5.37. The van der Waals surface area contributed by atoms with Crippen LogP contribution in [0.5, 0.6) is 0 Å².